The summed E-state index contributed by atoms with van der Waals surface area (Å²) in [6.07, 6.45) is 1.55. The molecule has 0 radical (unpaired) electrons. The summed E-state index contributed by atoms with van der Waals surface area (Å²) in [6, 6.07) is 13.2. The van der Waals surface area contributed by atoms with E-state index in [1.807, 2.05) is 57.2 Å². The van der Waals surface area contributed by atoms with E-state index in [2.05, 4.69) is 10.1 Å². The van der Waals surface area contributed by atoms with Crippen LogP contribution in [-0.2, 0) is 0 Å². The molecule has 32 heavy (non-hydrogen) atoms. The predicted octanol–water partition coefficient (Wildman–Crippen LogP) is 2.88. The molecule has 2 heterocycles. The average molecular weight is 434 g/mol. The molecule has 166 valence electrons. The van der Waals surface area contributed by atoms with Crippen molar-refractivity contribution in [1.29, 1.82) is 0 Å². The molecule has 0 aliphatic carbocycles. The van der Waals surface area contributed by atoms with E-state index in [0.29, 0.717) is 30.9 Å². The summed E-state index contributed by atoms with van der Waals surface area (Å²) in [5.74, 6) is 0.548. The molecular weight excluding hydrogens is 406 g/mol. The first-order valence-electron chi connectivity index (χ1n) is 10.6. The maximum Gasteiger partial charge on any atom is 0.293 e. The van der Waals surface area contributed by atoms with Crippen molar-refractivity contribution in [3.63, 3.8) is 0 Å². The van der Waals surface area contributed by atoms with Gasteiger partial charge in [-0.3, -0.25) is 9.59 Å². The van der Waals surface area contributed by atoms with Gasteiger partial charge in [-0.2, -0.15) is 0 Å². The molecule has 1 aliphatic heterocycles. The molecule has 0 N–H and O–H groups in total. The van der Waals surface area contributed by atoms with Crippen LogP contribution in [0.15, 0.2) is 48.8 Å². The molecule has 0 bridgehead atoms. The summed E-state index contributed by atoms with van der Waals surface area (Å²) >= 11 is 0. The monoisotopic (exact) mass is 433 g/mol. The third-order valence-corrected chi connectivity index (χ3v) is 5.78. The number of benzene rings is 2. The third kappa shape index (κ3) is 4.21. The van der Waals surface area contributed by atoms with Crippen LogP contribution in [0.4, 0.5) is 0 Å². The van der Waals surface area contributed by atoms with E-state index in [-0.39, 0.29) is 23.7 Å². The van der Waals surface area contributed by atoms with Crippen molar-refractivity contribution in [2.45, 2.75) is 26.8 Å². The number of hydrogen-bond donors (Lipinski definition) is 0. The zero-order chi connectivity index (χ0) is 22.8. The second-order valence-corrected chi connectivity index (χ2v) is 8.13. The first-order chi connectivity index (χ1) is 15.4. The Morgan fingerprint density at radius 2 is 1.88 bits per heavy atom. The maximum atomic E-state index is 13.1. The van der Waals surface area contributed by atoms with Crippen LogP contribution in [0, 0.1) is 13.8 Å². The molecule has 0 saturated carbocycles. The number of carbonyl (C=O) groups is 2. The Morgan fingerprint density at radius 1 is 1.06 bits per heavy atom. The van der Waals surface area contributed by atoms with Crippen molar-refractivity contribution < 1.29 is 14.3 Å². The van der Waals surface area contributed by atoms with Gasteiger partial charge in [0, 0.05) is 31.2 Å². The Kier molecular flexibility index (Phi) is 5.94. The molecule has 1 fully saturated rings. The fourth-order valence-electron chi connectivity index (χ4n) is 3.96. The highest BCUT2D eigenvalue weighted by molar-refractivity contribution is 5.95. The molecule has 0 spiro atoms. The number of carbonyl (C=O) groups excluding carboxylic acids is 2. The molecule has 1 aliphatic rings. The Balaban J connectivity index is 1.44. The lowest BCUT2D eigenvalue weighted by atomic mass is 10.1. The molecule has 1 aromatic heterocycles. The number of methoxy groups -OCH3 is 1. The molecule has 8 heteroatoms. The van der Waals surface area contributed by atoms with E-state index in [0.717, 1.165) is 16.8 Å². The summed E-state index contributed by atoms with van der Waals surface area (Å²) in [5, 5.41) is 4.37. The molecular formula is C24H27N5O3. The standard InChI is InChI=1S/C24H27N5O3/c1-16-6-5-7-20(12-16)29-15-25-22(26-29)24(31)27-10-11-28(18(3)14-27)23(30)19-9-8-17(2)21(13-19)32-4/h5-9,12-13,15,18H,10-11,14H2,1-4H3. The second-order valence-electron chi connectivity index (χ2n) is 8.13. The molecule has 2 amide bonds. The minimum absolute atomic E-state index is 0.0650. The van der Waals surface area contributed by atoms with Gasteiger partial charge in [-0.05, 0) is 56.2 Å². The van der Waals surface area contributed by atoms with Crippen molar-refractivity contribution in [3.05, 3.63) is 71.3 Å². The van der Waals surface area contributed by atoms with E-state index < -0.39 is 0 Å². The molecule has 1 saturated heterocycles. The van der Waals surface area contributed by atoms with Crippen LogP contribution in [-0.4, -0.2) is 69.2 Å². The lowest BCUT2D eigenvalue weighted by molar-refractivity contribution is 0.0408. The summed E-state index contributed by atoms with van der Waals surface area (Å²) in [7, 11) is 1.60. The number of nitrogens with zero attached hydrogens (tertiary/aromatic N) is 5. The van der Waals surface area contributed by atoms with Gasteiger partial charge in [-0.15, -0.1) is 5.10 Å². The molecule has 8 nitrogen and oxygen atoms in total. The van der Waals surface area contributed by atoms with Crippen LogP contribution < -0.4 is 4.74 Å². The predicted molar refractivity (Wildman–Crippen MR) is 120 cm³/mol. The molecule has 4 rings (SSSR count). The van der Waals surface area contributed by atoms with Gasteiger partial charge in [-0.1, -0.05) is 18.2 Å². The zero-order valence-electron chi connectivity index (χ0n) is 18.8. The van der Waals surface area contributed by atoms with Gasteiger partial charge in [-0.25, -0.2) is 9.67 Å². The highest BCUT2D eigenvalue weighted by Gasteiger charge is 2.32. The van der Waals surface area contributed by atoms with Crippen molar-refractivity contribution in [2.24, 2.45) is 0 Å². The molecule has 1 unspecified atom stereocenters. The Bertz CT molecular complexity index is 1160. The van der Waals surface area contributed by atoms with Gasteiger partial charge in [0.1, 0.15) is 12.1 Å². The van der Waals surface area contributed by atoms with Crippen LogP contribution in [0.1, 0.15) is 39.0 Å². The SMILES string of the molecule is COc1cc(C(=O)N2CCN(C(=O)c3ncn(-c4cccc(C)c4)n3)CC2C)ccc1C. The van der Waals surface area contributed by atoms with E-state index >= 15 is 0 Å². The van der Waals surface area contributed by atoms with E-state index in [1.54, 1.807) is 34.0 Å². The zero-order valence-corrected chi connectivity index (χ0v) is 18.8. The fourth-order valence-corrected chi connectivity index (χ4v) is 3.96. The van der Waals surface area contributed by atoms with Crippen LogP contribution in [0.2, 0.25) is 0 Å². The summed E-state index contributed by atoms with van der Waals surface area (Å²) in [4.78, 5) is 33.8. The number of piperazine rings is 1. The van der Waals surface area contributed by atoms with Gasteiger partial charge < -0.3 is 14.5 Å². The number of ether oxygens (including phenoxy) is 1. The Morgan fingerprint density at radius 3 is 2.59 bits per heavy atom. The second kappa shape index (κ2) is 8.82. The largest absolute Gasteiger partial charge is 0.496 e. The first kappa shape index (κ1) is 21.5. The number of rotatable bonds is 4. The maximum absolute atomic E-state index is 13.1. The minimum atomic E-state index is -0.229. The highest BCUT2D eigenvalue weighted by atomic mass is 16.5. The first-order valence-corrected chi connectivity index (χ1v) is 10.6. The quantitative estimate of drug-likeness (QED) is 0.632. The number of hydrogen-bond acceptors (Lipinski definition) is 5. The van der Waals surface area contributed by atoms with Gasteiger partial charge in [0.15, 0.2) is 0 Å². The minimum Gasteiger partial charge on any atom is -0.496 e. The van der Waals surface area contributed by atoms with Gasteiger partial charge in [0.05, 0.1) is 12.8 Å². The smallest absolute Gasteiger partial charge is 0.293 e. The van der Waals surface area contributed by atoms with E-state index in [1.165, 1.54) is 0 Å². The molecule has 2 aromatic carbocycles. The number of amides is 2. The highest BCUT2D eigenvalue weighted by Crippen LogP contribution is 2.22. The Labute approximate surface area is 187 Å². The topological polar surface area (TPSA) is 80.6 Å². The molecule has 3 aromatic rings. The third-order valence-electron chi connectivity index (χ3n) is 5.78. The van der Waals surface area contributed by atoms with Gasteiger partial charge in [0.2, 0.25) is 5.82 Å². The number of aryl methyl sites for hydroxylation is 2. The summed E-state index contributed by atoms with van der Waals surface area (Å²) in [6.45, 7) is 7.18. The lowest BCUT2D eigenvalue weighted by Gasteiger charge is -2.39. The fraction of sp³-hybridized carbons (Fsp3) is 0.333. The van der Waals surface area contributed by atoms with Crippen LogP contribution in [0.5, 0.6) is 5.75 Å². The van der Waals surface area contributed by atoms with Crippen LogP contribution >= 0.6 is 0 Å². The van der Waals surface area contributed by atoms with Crippen molar-refractivity contribution in [1.82, 2.24) is 24.6 Å². The van der Waals surface area contributed by atoms with Gasteiger partial charge in [0.25, 0.3) is 11.8 Å². The summed E-state index contributed by atoms with van der Waals surface area (Å²) in [5.41, 5.74) is 3.52. The van der Waals surface area contributed by atoms with Crippen LogP contribution in [0.3, 0.4) is 0 Å². The average Bonchev–Trinajstić information content (AvgIpc) is 3.29. The lowest BCUT2D eigenvalue weighted by Crippen LogP contribution is -2.55. The summed E-state index contributed by atoms with van der Waals surface area (Å²) < 4.78 is 6.95. The van der Waals surface area contributed by atoms with Crippen molar-refractivity contribution in [2.75, 3.05) is 26.7 Å². The van der Waals surface area contributed by atoms with E-state index in [4.69, 9.17) is 4.74 Å². The van der Waals surface area contributed by atoms with Crippen molar-refractivity contribution in [3.8, 4) is 11.4 Å². The Hall–Kier alpha value is -3.68. The number of aromatic nitrogens is 3. The van der Waals surface area contributed by atoms with Crippen LogP contribution in [0.25, 0.3) is 5.69 Å². The van der Waals surface area contributed by atoms with E-state index in [9.17, 15) is 9.59 Å². The van der Waals surface area contributed by atoms with Gasteiger partial charge >= 0.3 is 0 Å². The van der Waals surface area contributed by atoms with Crippen molar-refractivity contribution >= 4 is 11.8 Å². The molecule has 1 atom stereocenters. The normalized spacial score (nSPS) is 16.2.